The summed E-state index contributed by atoms with van der Waals surface area (Å²) in [5.74, 6) is -0.175. The summed E-state index contributed by atoms with van der Waals surface area (Å²) in [5.41, 5.74) is 0.619. The predicted molar refractivity (Wildman–Crippen MR) is 151 cm³/mol. The Hall–Kier alpha value is -3.64. The topological polar surface area (TPSA) is 79.4 Å². The number of alkyl halides is 3. The Bertz CT molecular complexity index is 1530. The van der Waals surface area contributed by atoms with Gasteiger partial charge in [0.2, 0.25) is 5.91 Å². The predicted octanol–water partition coefficient (Wildman–Crippen LogP) is 5.23. The number of halogens is 4. The molecule has 0 N–H and O–H groups in total. The fraction of sp³-hybridized carbons (Fsp3) is 0.321. The van der Waals surface area contributed by atoms with E-state index < -0.39 is 34.2 Å². The lowest BCUT2D eigenvalue weighted by Gasteiger charge is -2.37. The smallest absolute Gasteiger partial charge is 0.416 e. The molecule has 1 fully saturated rings. The van der Waals surface area contributed by atoms with Gasteiger partial charge in [-0.25, -0.2) is 8.42 Å². The van der Waals surface area contributed by atoms with Gasteiger partial charge in [0, 0.05) is 43.0 Å². The van der Waals surface area contributed by atoms with Gasteiger partial charge in [-0.1, -0.05) is 23.7 Å². The number of methoxy groups -OCH3 is 2. The number of anilines is 2. The molecule has 3 aromatic rings. The van der Waals surface area contributed by atoms with Crippen molar-refractivity contribution in [1.82, 2.24) is 4.90 Å². The van der Waals surface area contributed by atoms with Gasteiger partial charge in [0.25, 0.3) is 10.0 Å². The average Bonchev–Trinajstić information content (AvgIpc) is 2.96. The third kappa shape index (κ3) is 6.65. The second-order valence-electron chi connectivity index (χ2n) is 9.38. The fourth-order valence-electron chi connectivity index (χ4n) is 4.60. The van der Waals surface area contributed by atoms with E-state index in [0.29, 0.717) is 28.5 Å². The first-order valence-corrected chi connectivity index (χ1v) is 14.4. The Morgan fingerprint density at radius 2 is 1.63 bits per heavy atom. The molecule has 0 bridgehead atoms. The normalized spacial score (nSPS) is 14.1. The summed E-state index contributed by atoms with van der Waals surface area (Å²) >= 11 is 6.16. The lowest BCUT2D eigenvalue weighted by Crippen LogP contribution is -2.52. The van der Waals surface area contributed by atoms with E-state index in [9.17, 15) is 26.4 Å². The molecule has 1 saturated heterocycles. The standard InChI is InChI=1S/C28H29ClF3N3O5S/c1-19-7-8-21(29)16-24(19)33-11-13-34(14-12-33)27(36)18-35(22-6-4-5-20(15-22)28(30,31)32)41(37,38)23-9-10-25(39-2)26(17-23)40-3/h4-10,15-17H,11-14,18H2,1-3H3. The van der Waals surface area contributed by atoms with Crippen LogP contribution in [-0.4, -0.2) is 66.2 Å². The Morgan fingerprint density at radius 1 is 0.951 bits per heavy atom. The summed E-state index contributed by atoms with van der Waals surface area (Å²) < 4.78 is 79.4. The number of benzene rings is 3. The number of carbonyl (C=O) groups excluding carboxylic acids is 1. The molecule has 0 saturated carbocycles. The summed E-state index contributed by atoms with van der Waals surface area (Å²) in [6.45, 7) is 2.77. The van der Waals surface area contributed by atoms with E-state index in [-0.39, 0.29) is 35.2 Å². The van der Waals surface area contributed by atoms with E-state index in [2.05, 4.69) is 4.90 Å². The van der Waals surface area contributed by atoms with Gasteiger partial charge in [-0.3, -0.25) is 9.10 Å². The van der Waals surface area contributed by atoms with Crippen molar-refractivity contribution in [3.05, 3.63) is 76.8 Å². The highest BCUT2D eigenvalue weighted by Gasteiger charge is 2.34. The number of carbonyl (C=O) groups is 1. The zero-order chi connectivity index (χ0) is 29.9. The number of nitrogens with zero attached hydrogens (tertiary/aromatic N) is 3. The van der Waals surface area contributed by atoms with Crippen LogP contribution in [0, 0.1) is 6.92 Å². The molecule has 8 nitrogen and oxygen atoms in total. The van der Waals surface area contributed by atoms with Gasteiger partial charge >= 0.3 is 6.18 Å². The number of aryl methyl sites for hydroxylation is 1. The minimum atomic E-state index is -4.71. The number of piperazine rings is 1. The second-order valence-corrected chi connectivity index (χ2v) is 11.7. The molecule has 0 radical (unpaired) electrons. The lowest BCUT2D eigenvalue weighted by atomic mass is 10.1. The highest BCUT2D eigenvalue weighted by Crippen LogP contribution is 2.35. The molecule has 0 aromatic heterocycles. The van der Waals surface area contributed by atoms with Crippen molar-refractivity contribution < 1.29 is 35.9 Å². The number of hydrogen-bond acceptors (Lipinski definition) is 6. The molecule has 13 heteroatoms. The number of sulfonamides is 1. The van der Waals surface area contributed by atoms with E-state index in [0.717, 1.165) is 23.4 Å². The monoisotopic (exact) mass is 611 g/mol. The number of amides is 1. The van der Waals surface area contributed by atoms with Gasteiger partial charge in [0.15, 0.2) is 11.5 Å². The molecule has 1 heterocycles. The average molecular weight is 612 g/mol. The molecular weight excluding hydrogens is 583 g/mol. The van der Waals surface area contributed by atoms with Crippen molar-refractivity contribution in [3.63, 3.8) is 0 Å². The highest BCUT2D eigenvalue weighted by atomic mass is 35.5. The van der Waals surface area contributed by atoms with Gasteiger partial charge in [-0.2, -0.15) is 13.2 Å². The van der Waals surface area contributed by atoms with Gasteiger partial charge in [-0.05, 0) is 55.0 Å². The SMILES string of the molecule is COc1ccc(S(=O)(=O)N(CC(=O)N2CCN(c3cc(Cl)ccc3C)CC2)c2cccc(C(F)(F)F)c2)cc1OC. The maximum absolute atomic E-state index is 13.8. The van der Waals surface area contributed by atoms with Crippen LogP contribution in [0.1, 0.15) is 11.1 Å². The minimum absolute atomic E-state index is 0.108. The first kappa shape index (κ1) is 30.3. The Kier molecular flexibility index (Phi) is 8.93. The summed E-state index contributed by atoms with van der Waals surface area (Å²) in [6.07, 6.45) is -4.71. The van der Waals surface area contributed by atoms with Crippen LogP contribution in [0.4, 0.5) is 24.5 Å². The molecule has 3 aromatic carbocycles. The van der Waals surface area contributed by atoms with Gasteiger partial charge in [-0.15, -0.1) is 0 Å². The van der Waals surface area contributed by atoms with E-state index in [1.807, 2.05) is 19.1 Å². The zero-order valence-electron chi connectivity index (χ0n) is 22.6. The third-order valence-electron chi connectivity index (χ3n) is 6.83. The van der Waals surface area contributed by atoms with Crippen molar-refractivity contribution in [2.45, 2.75) is 18.0 Å². The Morgan fingerprint density at radius 3 is 2.27 bits per heavy atom. The van der Waals surface area contributed by atoms with Crippen LogP contribution in [0.5, 0.6) is 11.5 Å². The highest BCUT2D eigenvalue weighted by molar-refractivity contribution is 7.92. The molecule has 4 rings (SSSR count). The van der Waals surface area contributed by atoms with E-state index in [1.54, 1.807) is 6.07 Å². The molecule has 0 atom stereocenters. The molecule has 1 amide bonds. The molecule has 41 heavy (non-hydrogen) atoms. The van der Waals surface area contributed by atoms with E-state index in [4.69, 9.17) is 21.1 Å². The summed E-state index contributed by atoms with van der Waals surface area (Å²) in [7, 11) is -1.81. The molecule has 0 spiro atoms. The fourth-order valence-corrected chi connectivity index (χ4v) is 6.19. The van der Waals surface area contributed by atoms with Crippen LogP contribution in [0.2, 0.25) is 5.02 Å². The quantitative estimate of drug-likeness (QED) is 0.347. The first-order chi connectivity index (χ1) is 19.3. The molecule has 1 aliphatic heterocycles. The number of hydrogen-bond donors (Lipinski definition) is 0. The summed E-state index contributed by atoms with van der Waals surface area (Å²) in [5, 5.41) is 0.584. The van der Waals surface area contributed by atoms with Crippen molar-refractivity contribution >= 4 is 38.9 Å². The maximum Gasteiger partial charge on any atom is 0.416 e. The Balaban J connectivity index is 1.64. The van der Waals surface area contributed by atoms with E-state index in [1.165, 1.54) is 43.4 Å². The molecular formula is C28H29ClF3N3O5S. The Labute approximate surface area is 241 Å². The third-order valence-corrected chi connectivity index (χ3v) is 8.83. The van der Waals surface area contributed by atoms with Crippen LogP contribution >= 0.6 is 11.6 Å². The van der Waals surface area contributed by atoms with Crippen molar-refractivity contribution in [2.24, 2.45) is 0 Å². The first-order valence-electron chi connectivity index (χ1n) is 12.6. The minimum Gasteiger partial charge on any atom is -0.493 e. The number of ether oxygens (including phenoxy) is 2. The lowest BCUT2D eigenvalue weighted by molar-refractivity contribution is -0.137. The second kappa shape index (κ2) is 12.1. The maximum atomic E-state index is 13.8. The van der Waals surface area contributed by atoms with Crippen LogP contribution < -0.4 is 18.7 Å². The van der Waals surface area contributed by atoms with Crippen molar-refractivity contribution in [3.8, 4) is 11.5 Å². The van der Waals surface area contributed by atoms with Gasteiger partial charge in [0.1, 0.15) is 6.54 Å². The molecule has 0 unspecified atom stereocenters. The van der Waals surface area contributed by atoms with Gasteiger partial charge < -0.3 is 19.3 Å². The summed E-state index contributed by atoms with van der Waals surface area (Å²) in [4.78, 5) is 16.7. The molecule has 0 aliphatic carbocycles. The molecule has 1 aliphatic rings. The largest absolute Gasteiger partial charge is 0.493 e. The number of rotatable bonds is 8. The van der Waals surface area contributed by atoms with Crippen LogP contribution in [0.3, 0.4) is 0 Å². The zero-order valence-corrected chi connectivity index (χ0v) is 24.2. The van der Waals surface area contributed by atoms with Crippen LogP contribution in [-0.2, 0) is 21.0 Å². The van der Waals surface area contributed by atoms with E-state index >= 15 is 0 Å². The van der Waals surface area contributed by atoms with Crippen molar-refractivity contribution in [1.29, 1.82) is 0 Å². The van der Waals surface area contributed by atoms with Gasteiger partial charge in [0.05, 0.1) is 30.4 Å². The van der Waals surface area contributed by atoms with Crippen molar-refractivity contribution in [2.75, 3.05) is 56.1 Å². The van der Waals surface area contributed by atoms with Crippen LogP contribution in [0.15, 0.2) is 65.6 Å². The van der Waals surface area contributed by atoms with Crippen LogP contribution in [0.25, 0.3) is 0 Å². The summed E-state index contributed by atoms with van der Waals surface area (Å²) in [6, 6.07) is 13.2. The molecule has 220 valence electrons.